The van der Waals surface area contributed by atoms with Gasteiger partial charge >= 0.3 is 0 Å². The standard InChI is InChI=1S/C13H24N4/c1-9-7-10(12(14)16-8-9)11(15-4)13(2,3)17(5)6/h7-8,11,15H,1-6H3,(H2,14,16). The van der Waals surface area contributed by atoms with Gasteiger partial charge < -0.3 is 16.0 Å². The summed E-state index contributed by atoms with van der Waals surface area (Å²) < 4.78 is 0. The van der Waals surface area contributed by atoms with Gasteiger partial charge in [0.1, 0.15) is 5.82 Å². The Balaban J connectivity index is 3.22. The number of nitrogens with two attached hydrogens (primary N) is 1. The van der Waals surface area contributed by atoms with Gasteiger partial charge in [-0.15, -0.1) is 0 Å². The summed E-state index contributed by atoms with van der Waals surface area (Å²) in [5.41, 5.74) is 8.14. The van der Waals surface area contributed by atoms with Gasteiger partial charge in [-0.1, -0.05) is 0 Å². The minimum absolute atomic E-state index is 0.0433. The van der Waals surface area contributed by atoms with E-state index in [9.17, 15) is 0 Å². The highest BCUT2D eigenvalue weighted by Crippen LogP contribution is 2.31. The molecule has 1 atom stereocenters. The van der Waals surface area contributed by atoms with Gasteiger partial charge in [0.2, 0.25) is 0 Å². The topological polar surface area (TPSA) is 54.2 Å². The van der Waals surface area contributed by atoms with Crippen molar-refractivity contribution in [1.82, 2.24) is 15.2 Å². The summed E-state index contributed by atoms with van der Waals surface area (Å²) in [6.45, 7) is 6.41. The third-order valence-electron chi connectivity index (χ3n) is 3.54. The van der Waals surface area contributed by atoms with E-state index in [0.29, 0.717) is 5.82 Å². The molecule has 4 nitrogen and oxygen atoms in total. The molecule has 1 aromatic rings. The van der Waals surface area contributed by atoms with E-state index in [4.69, 9.17) is 5.73 Å². The fourth-order valence-electron chi connectivity index (χ4n) is 1.98. The summed E-state index contributed by atoms with van der Waals surface area (Å²) in [5.74, 6) is 0.602. The second kappa shape index (κ2) is 5.02. The van der Waals surface area contributed by atoms with Gasteiger partial charge in [-0.2, -0.15) is 0 Å². The first-order valence-corrected chi connectivity index (χ1v) is 5.87. The van der Waals surface area contributed by atoms with E-state index in [-0.39, 0.29) is 11.6 Å². The summed E-state index contributed by atoms with van der Waals surface area (Å²) in [7, 11) is 6.10. The number of pyridine rings is 1. The fraction of sp³-hybridized carbons (Fsp3) is 0.615. The second-order valence-corrected chi connectivity index (χ2v) is 5.26. The van der Waals surface area contributed by atoms with Crippen LogP contribution in [-0.2, 0) is 0 Å². The van der Waals surface area contributed by atoms with Crippen LogP contribution in [0.4, 0.5) is 5.82 Å². The Kier molecular flexibility index (Phi) is 4.11. The lowest BCUT2D eigenvalue weighted by atomic mass is 9.87. The van der Waals surface area contributed by atoms with Crippen LogP contribution in [0.15, 0.2) is 12.3 Å². The molecule has 1 aromatic heterocycles. The molecular formula is C13H24N4. The van der Waals surface area contributed by atoms with E-state index >= 15 is 0 Å². The first-order valence-electron chi connectivity index (χ1n) is 5.87. The van der Waals surface area contributed by atoms with E-state index in [2.05, 4.69) is 49.2 Å². The molecule has 0 spiro atoms. The largest absolute Gasteiger partial charge is 0.383 e. The van der Waals surface area contributed by atoms with Crippen LogP contribution in [0.1, 0.15) is 31.0 Å². The quantitative estimate of drug-likeness (QED) is 0.833. The molecule has 0 aliphatic rings. The van der Waals surface area contributed by atoms with Crippen molar-refractivity contribution in [3.05, 3.63) is 23.4 Å². The molecule has 0 saturated carbocycles. The van der Waals surface area contributed by atoms with Gasteiger partial charge in [0.05, 0.1) is 6.04 Å². The Labute approximate surface area is 104 Å². The van der Waals surface area contributed by atoms with Crippen molar-refractivity contribution in [2.45, 2.75) is 32.4 Å². The molecule has 1 heterocycles. The number of nitrogens with zero attached hydrogens (tertiary/aromatic N) is 2. The minimum Gasteiger partial charge on any atom is -0.383 e. The van der Waals surface area contributed by atoms with Crippen molar-refractivity contribution in [2.75, 3.05) is 26.9 Å². The molecule has 0 amide bonds. The number of nitrogen functional groups attached to an aromatic ring is 1. The van der Waals surface area contributed by atoms with E-state index in [1.807, 2.05) is 14.0 Å². The normalized spacial score (nSPS) is 14.1. The van der Waals surface area contributed by atoms with Crippen molar-refractivity contribution in [3.8, 4) is 0 Å². The van der Waals surface area contributed by atoms with E-state index in [1.165, 1.54) is 0 Å². The fourth-order valence-corrected chi connectivity index (χ4v) is 1.98. The van der Waals surface area contributed by atoms with Crippen LogP contribution in [0.5, 0.6) is 0 Å². The number of aromatic nitrogens is 1. The van der Waals surface area contributed by atoms with Crippen LogP contribution >= 0.6 is 0 Å². The van der Waals surface area contributed by atoms with Gasteiger partial charge in [0.25, 0.3) is 0 Å². The van der Waals surface area contributed by atoms with Crippen LogP contribution in [0.2, 0.25) is 0 Å². The molecular weight excluding hydrogens is 212 g/mol. The lowest BCUT2D eigenvalue weighted by Crippen LogP contribution is -2.48. The molecule has 0 aromatic carbocycles. The number of nitrogens with one attached hydrogen (secondary N) is 1. The van der Waals surface area contributed by atoms with Crippen LogP contribution in [0.3, 0.4) is 0 Å². The third kappa shape index (κ3) is 2.76. The van der Waals surface area contributed by atoms with Crippen molar-refractivity contribution >= 4 is 5.82 Å². The molecule has 3 N–H and O–H groups in total. The molecule has 96 valence electrons. The summed E-state index contributed by atoms with van der Waals surface area (Å²) in [5, 5.41) is 3.35. The molecule has 4 heteroatoms. The smallest absolute Gasteiger partial charge is 0.128 e. The lowest BCUT2D eigenvalue weighted by molar-refractivity contribution is 0.143. The zero-order chi connectivity index (χ0) is 13.2. The number of hydrogen-bond acceptors (Lipinski definition) is 4. The SMILES string of the molecule is CNC(c1cc(C)cnc1N)C(C)(C)N(C)C. The van der Waals surface area contributed by atoms with Crippen LogP contribution in [0, 0.1) is 6.92 Å². The van der Waals surface area contributed by atoms with Crippen molar-refractivity contribution in [2.24, 2.45) is 0 Å². The first-order chi connectivity index (χ1) is 7.80. The number of anilines is 1. The molecule has 0 aliphatic heterocycles. The number of hydrogen-bond donors (Lipinski definition) is 2. The van der Waals surface area contributed by atoms with Crippen molar-refractivity contribution < 1.29 is 0 Å². The van der Waals surface area contributed by atoms with Gasteiger partial charge in [0.15, 0.2) is 0 Å². The Bertz CT molecular complexity index is 385. The van der Waals surface area contributed by atoms with E-state index < -0.39 is 0 Å². The van der Waals surface area contributed by atoms with Gasteiger partial charge in [-0.25, -0.2) is 4.98 Å². The molecule has 1 rings (SSSR count). The summed E-state index contributed by atoms with van der Waals surface area (Å²) >= 11 is 0. The molecule has 0 saturated heterocycles. The summed E-state index contributed by atoms with van der Waals surface area (Å²) in [4.78, 5) is 6.43. The second-order valence-electron chi connectivity index (χ2n) is 5.26. The minimum atomic E-state index is -0.0433. The van der Waals surface area contributed by atoms with E-state index in [0.717, 1.165) is 11.1 Å². The van der Waals surface area contributed by atoms with Gasteiger partial charge in [0, 0.05) is 17.3 Å². The lowest BCUT2D eigenvalue weighted by Gasteiger charge is -2.40. The Morgan fingerprint density at radius 2 is 2.00 bits per heavy atom. The maximum absolute atomic E-state index is 5.99. The van der Waals surface area contributed by atoms with Crippen molar-refractivity contribution in [1.29, 1.82) is 0 Å². The van der Waals surface area contributed by atoms with E-state index in [1.54, 1.807) is 6.20 Å². The maximum atomic E-state index is 5.99. The average Bonchev–Trinajstić information content (AvgIpc) is 2.23. The predicted octanol–water partition coefficient (Wildman–Crippen LogP) is 1.57. The highest BCUT2D eigenvalue weighted by atomic mass is 15.2. The highest BCUT2D eigenvalue weighted by molar-refractivity contribution is 5.44. The zero-order valence-corrected chi connectivity index (χ0v) is 11.7. The third-order valence-corrected chi connectivity index (χ3v) is 3.54. The molecule has 1 unspecified atom stereocenters. The molecule has 17 heavy (non-hydrogen) atoms. The Morgan fingerprint density at radius 1 is 1.41 bits per heavy atom. The van der Waals surface area contributed by atoms with Crippen LogP contribution in [-0.4, -0.2) is 36.6 Å². The molecule has 0 fully saturated rings. The summed E-state index contributed by atoms with van der Waals surface area (Å²) in [6, 6.07) is 2.25. The monoisotopic (exact) mass is 236 g/mol. The predicted molar refractivity (Wildman–Crippen MR) is 73.0 cm³/mol. The molecule has 0 radical (unpaired) electrons. The van der Waals surface area contributed by atoms with Gasteiger partial charge in [-0.05, 0) is 53.5 Å². The summed E-state index contributed by atoms with van der Waals surface area (Å²) in [6.07, 6.45) is 1.80. The average molecular weight is 236 g/mol. The zero-order valence-electron chi connectivity index (χ0n) is 11.7. The molecule has 0 aliphatic carbocycles. The Morgan fingerprint density at radius 3 is 2.47 bits per heavy atom. The van der Waals surface area contributed by atoms with Crippen molar-refractivity contribution in [3.63, 3.8) is 0 Å². The Hall–Kier alpha value is -1.13. The van der Waals surface area contributed by atoms with Gasteiger partial charge in [-0.3, -0.25) is 0 Å². The highest BCUT2D eigenvalue weighted by Gasteiger charge is 2.33. The number of rotatable bonds is 4. The maximum Gasteiger partial charge on any atom is 0.128 e. The number of aryl methyl sites for hydroxylation is 1. The first kappa shape index (κ1) is 13.9. The molecule has 0 bridgehead atoms. The van der Waals surface area contributed by atoms with Crippen LogP contribution in [0.25, 0.3) is 0 Å². The number of likely N-dealkylation sites (N-methyl/N-ethyl adjacent to an activating group) is 2. The van der Waals surface area contributed by atoms with Crippen LogP contribution < -0.4 is 11.1 Å².